The van der Waals surface area contributed by atoms with Crippen molar-refractivity contribution in [3.63, 3.8) is 0 Å². The standard InChI is InChI=1S/C6H14N3O5P/c1-3(7)5(10)13-15(9,12)14-6(11)4(2)8/h3-4H,7-8H2,1-2H3,(H2,9,12)/t3-,4-/m0/s1. The lowest BCUT2D eigenvalue weighted by Crippen LogP contribution is -2.32. The van der Waals surface area contributed by atoms with E-state index in [0.29, 0.717) is 0 Å². The molecule has 0 saturated carbocycles. The van der Waals surface area contributed by atoms with Crippen LogP contribution in [0.3, 0.4) is 0 Å². The maximum Gasteiger partial charge on any atom is 0.514 e. The van der Waals surface area contributed by atoms with Crippen molar-refractivity contribution in [2.75, 3.05) is 0 Å². The number of hydrogen-bond donors (Lipinski definition) is 3. The minimum Gasteiger partial charge on any atom is -0.370 e. The van der Waals surface area contributed by atoms with E-state index in [2.05, 4.69) is 9.05 Å². The van der Waals surface area contributed by atoms with Gasteiger partial charge in [0.05, 0.1) is 0 Å². The summed E-state index contributed by atoms with van der Waals surface area (Å²) in [6.07, 6.45) is 0. The van der Waals surface area contributed by atoms with Gasteiger partial charge in [-0.2, -0.15) is 0 Å². The molecule has 0 fully saturated rings. The van der Waals surface area contributed by atoms with Crippen LogP contribution in [0.1, 0.15) is 13.8 Å². The molecule has 8 nitrogen and oxygen atoms in total. The number of carbonyl (C=O) groups excluding carboxylic acids is 2. The van der Waals surface area contributed by atoms with Crippen LogP contribution in [0, 0.1) is 0 Å². The van der Waals surface area contributed by atoms with Crippen LogP contribution in [0.25, 0.3) is 0 Å². The third kappa shape index (κ3) is 5.48. The first kappa shape index (κ1) is 14.1. The first-order chi connectivity index (χ1) is 6.65. The van der Waals surface area contributed by atoms with Crippen molar-refractivity contribution < 1.29 is 23.2 Å². The topological polar surface area (TPSA) is 148 Å². The Bertz CT molecular complexity index is 277. The summed E-state index contributed by atoms with van der Waals surface area (Å²) in [5.74, 6) is -2.06. The lowest BCUT2D eigenvalue weighted by atomic mass is 10.4. The summed E-state index contributed by atoms with van der Waals surface area (Å²) < 4.78 is 19.6. The summed E-state index contributed by atoms with van der Waals surface area (Å²) in [4.78, 5) is 21.8. The Morgan fingerprint density at radius 2 is 1.33 bits per heavy atom. The Hall–Kier alpha value is -0.950. The molecule has 0 aromatic carbocycles. The summed E-state index contributed by atoms with van der Waals surface area (Å²) >= 11 is 0. The first-order valence-electron chi connectivity index (χ1n) is 4.02. The van der Waals surface area contributed by atoms with Gasteiger partial charge in [0, 0.05) is 0 Å². The van der Waals surface area contributed by atoms with E-state index in [-0.39, 0.29) is 0 Å². The molecule has 15 heavy (non-hydrogen) atoms. The van der Waals surface area contributed by atoms with E-state index < -0.39 is 31.8 Å². The van der Waals surface area contributed by atoms with Crippen molar-refractivity contribution in [1.29, 1.82) is 0 Å². The molecular formula is C6H14N3O5P. The van der Waals surface area contributed by atoms with Crippen LogP contribution < -0.4 is 17.0 Å². The van der Waals surface area contributed by atoms with E-state index in [4.69, 9.17) is 17.0 Å². The van der Waals surface area contributed by atoms with Gasteiger partial charge in [0.2, 0.25) is 0 Å². The van der Waals surface area contributed by atoms with Crippen LogP contribution in [0.15, 0.2) is 0 Å². The minimum absolute atomic E-state index is 1.02. The molecule has 6 N–H and O–H groups in total. The van der Waals surface area contributed by atoms with Crippen LogP contribution in [0.4, 0.5) is 0 Å². The molecule has 0 aromatic rings. The number of carbonyl (C=O) groups is 2. The molecule has 2 atom stereocenters. The zero-order chi connectivity index (χ0) is 12.2. The summed E-state index contributed by atoms with van der Waals surface area (Å²) in [6.45, 7) is 2.60. The highest BCUT2D eigenvalue weighted by molar-refractivity contribution is 7.52. The fourth-order valence-electron chi connectivity index (χ4n) is 0.436. The molecule has 0 aliphatic carbocycles. The predicted molar refractivity (Wildman–Crippen MR) is 51.3 cm³/mol. The molecule has 0 radical (unpaired) electrons. The third-order valence-corrected chi connectivity index (χ3v) is 2.05. The Morgan fingerprint density at radius 3 is 1.53 bits per heavy atom. The Labute approximate surface area is 86.7 Å². The molecule has 0 unspecified atom stereocenters. The second-order valence-corrected chi connectivity index (χ2v) is 4.38. The number of hydrogen-bond acceptors (Lipinski definition) is 7. The van der Waals surface area contributed by atoms with Crippen molar-refractivity contribution >= 4 is 19.7 Å². The molecule has 0 aromatic heterocycles. The van der Waals surface area contributed by atoms with Gasteiger partial charge in [-0.05, 0) is 13.8 Å². The van der Waals surface area contributed by atoms with Crippen LogP contribution in [-0.4, -0.2) is 24.0 Å². The number of nitrogens with two attached hydrogens (primary N) is 3. The molecule has 9 heteroatoms. The molecule has 0 aliphatic rings. The van der Waals surface area contributed by atoms with E-state index in [1.54, 1.807) is 0 Å². The maximum atomic E-state index is 11.2. The molecule has 0 heterocycles. The van der Waals surface area contributed by atoms with Gasteiger partial charge in [0.25, 0.3) is 0 Å². The molecule has 0 rings (SSSR count). The molecule has 88 valence electrons. The van der Waals surface area contributed by atoms with Gasteiger partial charge >= 0.3 is 19.7 Å². The third-order valence-electron chi connectivity index (χ3n) is 1.18. The zero-order valence-electron chi connectivity index (χ0n) is 8.38. The van der Waals surface area contributed by atoms with E-state index in [1.165, 1.54) is 13.8 Å². The van der Waals surface area contributed by atoms with Crippen LogP contribution >= 0.6 is 7.75 Å². The normalized spacial score (nSPS) is 15.3. The Morgan fingerprint density at radius 1 is 1.07 bits per heavy atom. The molecular weight excluding hydrogens is 225 g/mol. The SMILES string of the molecule is C[C@H](N)C(=O)OP(N)(=O)OC(=O)[C@H](C)N. The van der Waals surface area contributed by atoms with Gasteiger partial charge in [-0.3, -0.25) is 0 Å². The summed E-state index contributed by atoms with van der Waals surface area (Å²) in [5, 5.41) is 0. The molecule has 0 bridgehead atoms. The quantitative estimate of drug-likeness (QED) is 0.520. The Balaban J connectivity index is 4.38. The van der Waals surface area contributed by atoms with E-state index in [0.717, 1.165) is 0 Å². The highest BCUT2D eigenvalue weighted by Gasteiger charge is 2.30. The van der Waals surface area contributed by atoms with Crippen molar-refractivity contribution in [2.24, 2.45) is 17.0 Å². The maximum absolute atomic E-state index is 11.2. The highest BCUT2D eigenvalue weighted by Crippen LogP contribution is 2.39. The van der Waals surface area contributed by atoms with Crippen LogP contribution in [0.2, 0.25) is 0 Å². The van der Waals surface area contributed by atoms with Gasteiger partial charge in [-0.15, -0.1) is 0 Å². The second kappa shape index (κ2) is 5.22. The van der Waals surface area contributed by atoms with Crippen molar-refractivity contribution in [3.8, 4) is 0 Å². The fraction of sp³-hybridized carbons (Fsp3) is 0.667. The second-order valence-electron chi connectivity index (χ2n) is 2.94. The highest BCUT2D eigenvalue weighted by atomic mass is 31.2. The van der Waals surface area contributed by atoms with Crippen LogP contribution in [-0.2, 0) is 23.2 Å². The number of rotatable bonds is 4. The van der Waals surface area contributed by atoms with Crippen molar-refractivity contribution in [2.45, 2.75) is 25.9 Å². The monoisotopic (exact) mass is 239 g/mol. The summed E-state index contributed by atoms with van der Waals surface area (Å²) in [7, 11) is -4.27. The average Bonchev–Trinajstić information content (AvgIpc) is 2.01. The first-order valence-corrected chi connectivity index (χ1v) is 5.63. The molecule has 0 amide bonds. The van der Waals surface area contributed by atoms with Gasteiger partial charge in [0.1, 0.15) is 12.1 Å². The van der Waals surface area contributed by atoms with E-state index in [1.807, 2.05) is 0 Å². The van der Waals surface area contributed by atoms with Gasteiger partial charge in [-0.25, -0.2) is 19.7 Å². The van der Waals surface area contributed by atoms with Crippen LogP contribution in [0.5, 0.6) is 0 Å². The average molecular weight is 239 g/mol. The van der Waals surface area contributed by atoms with Crippen molar-refractivity contribution in [1.82, 2.24) is 0 Å². The van der Waals surface area contributed by atoms with E-state index in [9.17, 15) is 14.2 Å². The van der Waals surface area contributed by atoms with Gasteiger partial charge in [-0.1, -0.05) is 0 Å². The predicted octanol–water partition coefficient (Wildman–Crippen LogP) is -1.17. The lowest BCUT2D eigenvalue weighted by Gasteiger charge is -2.15. The largest absolute Gasteiger partial charge is 0.514 e. The lowest BCUT2D eigenvalue weighted by molar-refractivity contribution is -0.139. The fourth-order valence-corrected chi connectivity index (χ4v) is 1.31. The zero-order valence-corrected chi connectivity index (χ0v) is 9.27. The summed E-state index contributed by atoms with van der Waals surface area (Å²) in [6, 6.07) is -2.04. The van der Waals surface area contributed by atoms with E-state index >= 15 is 0 Å². The molecule has 0 aliphatic heterocycles. The minimum atomic E-state index is -4.27. The molecule has 0 saturated heterocycles. The smallest absolute Gasteiger partial charge is 0.370 e. The Kier molecular flexibility index (Phi) is 4.89. The van der Waals surface area contributed by atoms with Crippen molar-refractivity contribution in [3.05, 3.63) is 0 Å². The van der Waals surface area contributed by atoms with Gasteiger partial charge in [0.15, 0.2) is 0 Å². The summed E-state index contributed by atoms with van der Waals surface area (Å²) in [5.41, 5.74) is 15.2. The van der Waals surface area contributed by atoms with Gasteiger partial charge < -0.3 is 20.5 Å². The molecule has 0 spiro atoms.